The molecule has 1 aliphatic rings. The molecule has 1 heterocycles. The lowest BCUT2D eigenvalue weighted by Crippen LogP contribution is -2.41. The van der Waals surface area contributed by atoms with E-state index in [9.17, 15) is 18.0 Å². The molecule has 0 aliphatic heterocycles. The first-order valence-corrected chi connectivity index (χ1v) is 7.54. The summed E-state index contributed by atoms with van der Waals surface area (Å²) in [5.74, 6) is -1.61. The van der Waals surface area contributed by atoms with Gasteiger partial charge in [-0.15, -0.1) is 11.3 Å². The van der Waals surface area contributed by atoms with Crippen molar-refractivity contribution in [3.05, 3.63) is 16.1 Å². The van der Waals surface area contributed by atoms with E-state index in [1.54, 1.807) is 0 Å². The number of nitrogens with one attached hydrogen (secondary N) is 1. The van der Waals surface area contributed by atoms with Gasteiger partial charge in [0.25, 0.3) is 5.91 Å². The van der Waals surface area contributed by atoms with Gasteiger partial charge in [0.05, 0.1) is 17.1 Å². The Labute approximate surface area is 119 Å². The summed E-state index contributed by atoms with van der Waals surface area (Å²) in [6.07, 6.45) is -0.676. The van der Waals surface area contributed by atoms with Gasteiger partial charge in [-0.25, -0.2) is 4.98 Å². The Morgan fingerprint density at radius 3 is 2.85 bits per heavy atom. The molecular formula is C13H17F3N2OS. The number of hydrogen-bond acceptors (Lipinski definition) is 3. The molecule has 0 aromatic carbocycles. The van der Waals surface area contributed by atoms with Crippen LogP contribution in [0.4, 0.5) is 13.2 Å². The van der Waals surface area contributed by atoms with Gasteiger partial charge in [0.2, 0.25) is 0 Å². The topological polar surface area (TPSA) is 42.0 Å². The molecule has 1 fully saturated rings. The summed E-state index contributed by atoms with van der Waals surface area (Å²) in [5, 5.41) is 3.56. The van der Waals surface area contributed by atoms with Crippen LogP contribution in [0.5, 0.6) is 0 Å². The highest BCUT2D eigenvalue weighted by Crippen LogP contribution is 2.37. The monoisotopic (exact) mass is 306 g/mol. The molecule has 0 bridgehead atoms. The molecule has 1 saturated carbocycles. The first kappa shape index (κ1) is 15.3. The molecule has 0 spiro atoms. The maximum Gasteiger partial charge on any atom is 0.391 e. The summed E-state index contributed by atoms with van der Waals surface area (Å²) < 4.78 is 38.1. The number of halogens is 3. The fourth-order valence-electron chi connectivity index (χ4n) is 2.45. The highest BCUT2D eigenvalue weighted by atomic mass is 32.1. The van der Waals surface area contributed by atoms with E-state index < -0.39 is 18.1 Å². The van der Waals surface area contributed by atoms with E-state index in [1.807, 2.05) is 6.92 Å². The Hall–Kier alpha value is -1.11. The lowest BCUT2D eigenvalue weighted by atomic mass is 9.85. The molecule has 0 radical (unpaired) electrons. The SMILES string of the molecule is CCc1ncc(C(=O)NC2CCCC(C(F)(F)F)C2)s1. The van der Waals surface area contributed by atoms with Crippen molar-refractivity contribution < 1.29 is 18.0 Å². The number of aromatic nitrogens is 1. The fraction of sp³-hybridized carbons (Fsp3) is 0.692. The molecule has 1 aromatic rings. The summed E-state index contributed by atoms with van der Waals surface area (Å²) in [6, 6.07) is -0.393. The number of alkyl halides is 3. The van der Waals surface area contributed by atoms with Crippen LogP contribution in [-0.4, -0.2) is 23.1 Å². The van der Waals surface area contributed by atoms with Gasteiger partial charge in [0, 0.05) is 6.04 Å². The summed E-state index contributed by atoms with van der Waals surface area (Å²) in [5.41, 5.74) is 0. The van der Waals surface area contributed by atoms with Crippen molar-refractivity contribution in [1.82, 2.24) is 10.3 Å². The summed E-state index contributed by atoms with van der Waals surface area (Å²) >= 11 is 1.29. The van der Waals surface area contributed by atoms with Crippen LogP contribution in [0.1, 0.15) is 47.3 Å². The first-order chi connectivity index (χ1) is 9.40. The molecule has 2 rings (SSSR count). The average Bonchev–Trinajstić information content (AvgIpc) is 2.87. The third-order valence-corrected chi connectivity index (χ3v) is 4.69. The lowest BCUT2D eigenvalue weighted by Gasteiger charge is -2.30. The van der Waals surface area contributed by atoms with E-state index in [-0.39, 0.29) is 18.7 Å². The zero-order chi connectivity index (χ0) is 14.8. The predicted molar refractivity (Wildman–Crippen MR) is 70.8 cm³/mol. The van der Waals surface area contributed by atoms with E-state index in [0.717, 1.165) is 11.4 Å². The molecule has 1 amide bonds. The highest BCUT2D eigenvalue weighted by molar-refractivity contribution is 7.13. The van der Waals surface area contributed by atoms with Gasteiger partial charge in [-0.1, -0.05) is 13.3 Å². The largest absolute Gasteiger partial charge is 0.391 e. The Morgan fingerprint density at radius 1 is 1.50 bits per heavy atom. The van der Waals surface area contributed by atoms with Crippen molar-refractivity contribution in [3.8, 4) is 0 Å². The summed E-state index contributed by atoms with van der Waals surface area (Å²) in [7, 11) is 0. The van der Waals surface area contributed by atoms with Crippen LogP contribution in [0.25, 0.3) is 0 Å². The Balaban J connectivity index is 1.94. The molecule has 20 heavy (non-hydrogen) atoms. The first-order valence-electron chi connectivity index (χ1n) is 6.72. The second kappa shape index (κ2) is 6.11. The minimum Gasteiger partial charge on any atom is -0.349 e. The third-order valence-electron chi connectivity index (χ3n) is 3.55. The fourth-order valence-corrected chi connectivity index (χ4v) is 3.21. The Kier molecular flexibility index (Phi) is 4.67. The van der Waals surface area contributed by atoms with Crippen molar-refractivity contribution in [2.75, 3.05) is 0 Å². The molecule has 7 heteroatoms. The second-order valence-corrected chi connectivity index (χ2v) is 6.16. The molecular weight excluding hydrogens is 289 g/mol. The normalized spacial score (nSPS) is 23.6. The Bertz CT molecular complexity index is 472. The van der Waals surface area contributed by atoms with Crippen LogP contribution in [0.15, 0.2) is 6.20 Å². The molecule has 2 atom stereocenters. The maximum absolute atomic E-state index is 12.7. The number of hydrogen-bond donors (Lipinski definition) is 1. The van der Waals surface area contributed by atoms with Gasteiger partial charge < -0.3 is 5.32 Å². The molecule has 112 valence electrons. The standard InChI is InChI=1S/C13H17F3N2OS/c1-2-11-17-7-10(20-11)12(19)18-9-5-3-4-8(6-9)13(14,15)16/h7-9H,2-6H2,1H3,(H,18,19). The zero-order valence-electron chi connectivity index (χ0n) is 11.2. The molecule has 1 aromatic heterocycles. The number of aryl methyl sites for hydroxylation is 1. The van der Waals surface area contributed by atoms with Gasteiger partial charge in [0.15, 0.2) is 0 Å². The molecule has 1 aliphatic carbocycles. The van der Waals surface area contributed by atoms with Gasteiger partial charge in [-0.2, -0.15) is 13.2 Å². The number of thiazole rings is 1. The Morgan fingerprint density at radius 2 is 2.25 bits per heavy atom. The number of carbonyl (C=O) groups is 1. The van der Waals surface area contributed by atoms with E-state index in [4.69, 9.17) is 0 Å². The van der Waals surface area contributed by atoms with Gasteiger partial charge in [-0.3, -0.25) is 4.79 Å². The minimum absolute atomic E-state index is 0.0192. The van der Waals surface area contributed by atoms with Crippen LogP contribution in [0, 0.1) is 5.92 Å². The van der Waals surface area contributed by atoms with Crippen LogP contribution < -0.4 is 5.32 Å². The van der Waals surface area contributed by atoms with Crippen LogP contribution in [0.3, 0.4) is 0 Å². The smallest absolute Gasteiger partial charge is 0.349 e. The van der Waals surface area contributed by atoms with Crippen LogP contribution >= 0.6 is 11.3 Å². The highest BCUT2D eigenvalue weighted by Gasteiger charge is 2.42. The zero-order valence-corrected chi connectivity index (χ0v) is 12.0. The number of rotatable bonds is 3. The molecule has 0 saturated heterocycles. The van der Waals surface area contributed by atoms with E-state index in [1.165, 1.54) is 17.5 Å². The molecule has 2 unspecified atom stereocenters. The van der Waals surface area contributed by atoms with E-state index >= 15 is 0 Å². The number of nitrogens with zero attached hydrogens (tertiary/aromatic N) is 1. The third kappa shape index (κ3) is 3.71. The van der Waals surface area contributed by atoms with E-state index in [2.05, 4.69) is 10.3 Å². The summed E-state index contributed by atoms with van der Waals surface area (Å²) in [4.78, 5) is 16.5. The van der Waals surface area contributed by atoms with E-state index in [0.29, 0.717) is 17.7 Å². The predicted octanol–water partition coefficient (Wildman–Crippen LogP) is 3.56. The van der Waals surface area contributed by atoms with Crippen molar-refractivity contribution in [2.45, 2.75) is 51.2 Å². The molecule has 3 nitrogen and oxygen atoms in total. The van der Waals surface area contributed by atoms with Gasteiger partial charge >= 0.3 is 6.18 Å². The van der Waals surface area contributed by atoms with Crippen molar-refractivity contribution in [1.29, 1.82) is 0 Å². The van der Waals surface area contributed by atoms with Gasteiger partial charge in [-0.05, 0) is 25.7 Å². The maximum atomic E-state index is 12.7. The minimum atomic E-state index is -4.16. The summed E-state index contributed by atoms with van der Waals surface area (Å²) in [6.45, 7) is 1.94. The second-order valence-electron chi connectivity index (χ2n) is 5.05. The van der Waals surface area contributed by atoms with Crippen molar-refractivity contribution in [3.63, 3.8) is 0 Å². The number of carbonyl (C=O) groups excluding carboxylic acids is 1. The molecule has 1 N–H and O–H groups in total. The van der Waals surface area contributed by atoms with Gasteiger partial charge in [0.1, 0.15) is 4.88 Å². The number of amides is 1. The lowest BCUT2D eigenvalue weighted by molar-refractivity contribution is -0.183. The van der Waals surface area contributed by atoms with Crippen LogP contribution in [0.2, 0.25) is 0 Å². The van der Waals surface area contributed by atoms with Crippen LogP contribution in [-0.2, 0) is 6.42 Å². The van der Waals surface area contributed by atoms with Crippen molar-refractivity contribution >= 4 is 17.2 Å². The average molecular weight is 306 g/mol. The quantitative estimate of drug-likeness (QED) is 0.928. The van der Waals surface area contributed by atoms with Crippen molar-refractivity contribution in [2.24, 2.45) is 5.92 Å².